The van der Waals surface area contributed by atoms with Gasteiger partial charge in [0.2, 0.25) is 0 Å². The van der Waals surface area contributed by atoms with Gasteiger partial charge in [0.05, 0.1) is 0 Å². The van der Waals surface area contributed by atoms with E-state index in [1.807, 2.05) is 41.5 Å². The van der Waals surface area contributed by atoms with Crippen molar-refractivity contribution in [3.63, 3.8) is 0 Å². The summed E-state index contributed by atoms with van der Waals surface area (Å²) in [5, 5.41) is 0. The fourth-order valence-electron chi connectivity index (χ4n) is 1.72. The van der Waals surface area contributed by atoms with Gasteiger partial charge in [-0.2, -0.15) is 13.2 Å². The zero-order chi connectivity index (χ0) is 17.4. The highest BCUT2D eigenvalue weighted by molar-refractivity contribution is 6.60. The zero-order valence-corrected chi connectivity index (χ0v) is 15.6. The Morgan fingerprint density at radius 2 is 1.09 bits per heavy atom. The number of hydrogen-bond donors (Lipinski definition) is 0. The number of halogens is 3. The molecule has 0 bridgehead atoms. The van der Waals surface area contributed by atoms with Crippen LogP contribution >= 0.6 is 0 Å². The van der Waals surface area contributed by atoms with Crippen LogP contribution in [0.5, 0.6) is 0 Å². The molecular formula is C15H31F3O3Si. The lowest BCUT2D eigenvalue weighted by Crippen LogP contribution is -2.52. The molecule has 0 amide bonds. The average molecular weight is 344 g/mol. The molecule has 0 aromatic heterocycles. The fraction of sp³-hybridized carbons (Fsp3) is 1.00. The summed E-state index contributed by atoms with van der Waals surface area (Å²) in [6.07, 6.45) is -3.64. The van der Waals surface area contributed by atoms with E-state index in [-0.39, 0.29) is 24.4 Å². The van der Waals surface area contributed by atoms with E-state index in [2.05, 4.69) is 0 Å². The molecule has 7 heteroatoms. The van der Waals surface area contributed by atoms with E-state index >= 15 is 0 Å². The number of hydrogen-bond acceptors (Lipinski definition) is 3. The van der Waals surface area contributed by atoms with Crippen molar-refractivity contribution in [1.82, 2.24) is 0 Å². The minimum atomic E-state index is -4.24. The summed E-state index contributed by atoms with van der Waals surface area (Å²) in [7, 11) is -3.38. The van der Waals surface area contributed by atoms with Gasteiger partial charge in [0.15, 0.2) is 0 Å². The summed E-state index contributed by atoms with van der Waals surface area (Å²) in [4.78, 5) is 0. The lowest BCUT2D eigenvalue weighted by Gasteiger charge is -2.36. The van der Waals surface area contributed by atoms with Gasteiger partial charge in [-0.05, 0) is 40.0 Å². The molecule has 22 heavy (non-hydrogen) atoms. The molecule has 3 nitrogen and oxygen atoms in total. The smallest absolute Gasteiger partial charge is 0.371 e. The van der Waals surface area contributed by atoms with Gasteiger partial charge in [0.1, 0.15) is 0 Å². The van der Waals surface area contributed by atoms with E-state index in [1.54, 1.807) is 0 Å². The zero-order valence-electron chi connectivity index (χ0n) is 14.6. The first-order valence-corrected chi connectivity index (χ1v) is 10.1. The van der Waals surface area contributed by atoms with Crippen molar-refractivity contribution in [2.45, 2.75) is 97.8 Å². The van der Waals surface area contributed by atoms with E-state index in [1.165, 1.54) is 0 Å². The molecule has 0 N–H and O–H groups in total. The van der Waals surface area contributed by atoms with Crippen LogP contribution in [0.4, 0.5) is 13.2 Å². The quantitative estimate of drug-likeness (QED) is 0.475. The summed E-state index contributed by atoms with van der Waals surface area (Å²) in [6.45, 7) is 11.3. The second-order valence-corrected chi connectivity index (χ2v) is 8.38. The third-order valence-electron chi connectivity index (χ3n) is 3.58. The summed E-state index contributed by atoms with van der Waals surface area (Å²) in [5.74, 6) is 0. The first kappa shape index (κ1) is 21.9. The highest BCUT2D eigenvalue weighted by Crippen LogP contribution is 2.31. The summed E-state index contributed by atoms with van der Waals surface area (Å²) in [5.41, 5.74) is 0. The molecule has 0 saturated heterocycles. The van der Waals surface area contributed by atoms with Crippen LogP contribution < -0.4 is 0 Å². The van der Waals surface area contributed by atoms with Crippen LogP contribution in [0.15, 0.2) is 0 Å². The topological polar surface area (TPSA) is 27.7 Å². The molecule has 0 aliphatic carbocycles. The Labute approximate surface area is 133 Å². The van der Waals surface area contributed by atoms with Gasteiger partial charge in [0, 0.05) is 30.8 Å². The molecule has 134 valence electrons. The largest absolute Gasteiger partial charge is 0.501 e. The maximum atomic E-state index is 12.7. The third-order valence-corrected chi connectivity index (χ3v) is 6.73. The Morgan fingerprint density at radius 1 is 0.773 bits per heavy atom. The SMILES string of the molecule is CCC(C)O[Si](CCC(F)(F)F)(OC(C)CC)OC(C)CC. The Balaban J connectivity index is 5.26. The van der Waals surface area contributed by atoms with E-state index in [0.717, 1.165) is 0 Å². The van der Waals surface area contributed by atoms with Gasteiger partial charge in [-0.1, -0.05) is 20.8 Å². The van der Waals surface area contributed by atoms with E-state index < -0.39 is 21.4 Å². The first-order chi connectivity index (χ1) is 10.1. The monoisotopic (exact) mass is 344 g/mol. The third kappa shape index (κ3) is 9.12. The van der Waals surface area contributed by atoms with Crippen molar-refractivity contribution in [3.8, 4) is 0 Å². The van der Waals surface area contributed by atoms with Crippen molar-refractivity contribution < 1.29 is 26.4 Å². The van der Waals surface area contributed by atoms with Crippen LogP contribution in [0.3, 0.4) is 0 Å². The van der Waals surface area contributed by atoms with E-state index in [4.69, 9.17) is 13.3 Å². The Morgan fingerprint density at radius 3 is 1.32 bits per heavy atom. The van der Waals surface area contributed by atoms with Crippen LogP contribution in [0.25, 0.3) is 0 Å². The molecule has 3 unspecified atom stereocenters. The summed E-state index contributed by atoms with van der Waals surface area (Å²) < 4.78 is 55.9. The standard InChI is InChI=1S/C15H31F3O3Si/c1-7-12(4)19-22(20-13(5)8-2,21-14(6)9-3)11-10-15(16,17)18/h12-14H,7-11H2,1-6H3. The maximum Gasteiger partial charge on any atom is 0.501 e. The summed E-state index contributed by atoms with van der Waals surface area (Å²) >= 11 is 0. The molecule has 0 aromatic carbocycles. The van der Waals surface area contributed by atoms with Gasteiger partial charge < -0.3 is 13.3 Å². The van der Waals surface area contributed by atoms with Crippen LogP contribution in [0.2, 0.25) is 6.04 Å². The first-order valence-electron chi connectivity index (χ1n) is 8.17. The van der Waals surface area contributed by atoms with Crippen LogP contribution in [-0.2, 0) is 13.3 Å². The van der Waals surface area contributed by atoms with Crippen molar-refractivity contribution in [3.05, 3.63) is 0 Å². The average Bonchev–Trinajstić information content (AvgIpc) is 2.43. The second-order valence-electron chi connectivity index (χ2n) is 5.81. The molecular weight excluding hydrogens is 313 g/mol. The minimum Gasteiger partial charge on any atom is -0.371 e. The fourth-order valence-corrected chi connectivity index (χ4v) is 5.17. The molecule has 0 fully saturated rings. The number of alkyl halides is 3. The van der Waals surface area contributed by atoms with Crippen LogP contribution in [-0.4, -0.2) is 33.3 Å². The lowest BCUT2D eigenvalue weighted by molar-refractivity contribution is -0.134. The van der Waals surface area contributed by atoms with E-state index in [0.29, 0.717) is 19.3 Å². The van der Waals surface area contributed by atoms with Gasteiger partial charge in [0.25, 0.3) is 0 Å². The predicted molar refractivity (Wildman–Crippen MR) is 83.7 cm³/mol. The summed E-state index contributed by atoms with van der Waals surface area (Å²) in [6, 6.07) is -0.227. The van der Waals surface area contributed by atoms with Crippen molar-refractivity contribution in [2.75, 3.05) is 0 Å². The van der Waals surface area contributed by atoms with E-state index in [9.17, 15) is 13.2 Å². The van der Waals surface area contributed by atoms with Crippen molar-refractivity contribution >= 4 is 8.80 Å². The van der Waals surface area contributed by atoms with Crippen molar-refractivity contribution in [1.29, 1.82) is 0 Å². The molecule has 0 aliphatic rings. The molecule has 0 saturated carbocycles. The normalized spacial score (nSPS) is 19.5. The number of rotatable bonds is 11. The molecule has 0 aromatic rings. The van der Waals surface area contributed by atoms with Gasteiger partial charge >= 0.3 is 15.0 Å². The Hall–Kier alpha value is -0.113. The highest BCUT2D eigenvalue weighted by atomic mass is 28.4. The molecule has 0 rings (SSSR count). The van der Waals surface area contributed by atoms with Gasteiger partial charge in [-0.15, -0.1) is 0 Å². The maximum absolute atomic E-state index is 12.7. The molecule has 3 atom stereocenters. The van der Waals surface area contributed by atoms with Gasteiger partial charge in [-0.3, -0.25) is 0 Å². The Kier molecular flexibility index (Phi) is 9.85. The van der Waals surface area contributed by atoms with Gasteiger partial charge in [-0.25, -0.2) is 0 Å². The Bertz CT molecular complexity index is 269. The van der Waals surface area contributed by atoms with Crippen molar-refractivity contribution in [2.24, 2.45) is 0 Å². The van der Waals surface area contributed by atoms with Crippen LogP contribution in [0, 0.1) is 0 Å². The lowest BCUT2D eigenvalue weighted by atomic mass is 10.3. The highest BCUT2D eigenvalue weighted by Gasteiger charge is 2.47. The molecule has 0 aliphatic heterocycles. The predicted octanol–water partition coefficient (Wildman–Crippen LogP) is 5.32. The molecule has 0 heterocycles. The van der Waals surface area contributed by atoms with Crippen LogP contribution in [0.1, 0.15) is 67.2 Å². The minimum absolute atomic E-state index is 0.187. The molecule has 0 spiro atoms. The second kappa shape index (κ2) is 9.90. The molecule has 0 radical (unpaired) electrons.